The van der Waals surface area contributed by atoms with Crippen LogP contribution in [-0.4, -0.2) is 24.0 Å². The van der Waals surface area contributed by atoms with Gasteiger partial charge in [0.05, 0.1) is 0 Å². The predicted molar refractivity (Wildman–Crippen MR) is 62.3 cm³/mol. The van der Waals surface area contributed by atoms with Crippen molar-refractivity contribution in [3.8, 4) is 5.75 Å². The van der Waals surface area contributed by atoms with Crippen LogP contribution in [0.3, 0.4) is 0 Å². The molecule has 0 aromatic heterocycles. The molecule has 0 aliphatic carbocycles. The molecule has 1 aromatic rings. The van der Waals surface area contributed by atoms with E-state index < -0.39 is 0 Å². The Morgan fingerprint density at radius 2 is 2.31 bits per heavy atom. The van der Waals surface area contributed by atoms with Crippen molar-refractivity contribution in [1.82, 2.24) is 5.32 Å². The number of hydrogen-bond donors (Lipinski definition) is 2. The summed E-state index contributed by atoms with van der Waals surface area (Å²) in [6.45, 7) is 3.90. The molecule has 1 heterocycles. The number of phenolic OH excluding ortho intramolecular Hbond substituents is 1. The SMILES string of the molecule is CC(C(=O)Cc1cccc(O)c1)C1CNC1. The molecule has 3 nitrogen and oxygen atoms in total. The molecule has 0 spiro atoms. The van der Waals surface area contributed by atoms with Gasteiger partial charge in [0, 0.05) is 12.3 Å². The standard InChI is InChI=1S/C13H17NO2/c1-9(11-7-14-8-11)13(16)6-10-3-2-4-12(15)5-10/h2-5,9,11,14-15H,6-8H2,1H3. The molecule has 2 N–H and O–H groups in total. The molecule has 86 valence electrons. The second kappa shape index (κ2) is 4.66. The number of carbonyl (C=O) groups excluding carboxylic acids is 1. The Hall–Kier alpha value is -1.35. The fourth-order valence-electron chi connectivity index (χ4n) is 1.96. The monoisotopic (exact) mass is 219 g/mol. The minimum atomic E-state index is 0.114. The number of nitrogens with one attached hydrogen (secondary N) is 1. The Morgan fingerprint density at radius 3 is 2.88 bits per heavy atom. The van der Waals surface area contributed by atoms with E-state index in [0.717, 1.165) is 18.7 Å². The van der Waals surface area contributed by atoms with Crippen LogP contribution in [0.2, 0.25) is 0 Å². The van der Waals surface area contributed by atoms with Crippen molar-refractivity contribution in [1.29, 1.82) is 0 Å². The number of rotatable bonds is 4. The van der Waals surface area contributed by atoms with Gasteiger partial charge in [-0.3, -0.25) is 4.79 Å². The van der Waals surface area contributed by atoms with Gasteiger partial charge in [-0.15, -0.1) is 0 Å². The smallest absolute Gasteiger partial charge is 0.140 e. The summed E-state index contributed by atoms with van der Waals surface area (Å²) < 4.78 is 0. The molecular weight excluding hydrogens is 202 g/mol. The summed E-state index contributed by atoms with van der Waals surface area (Å²) in [5.41, 5.74) is 0.893. The van der Waals surface area contributed by atoms with E-state index in [1.807, 2.05) is 13.0 Å². The summed E-state index contributed by atoms with van der Waals surface area (Å²) >= 11 is 0. The number of benzene rings is 1. The lowest BCUT2D eigenvalue weighted by molar-refractivity contribution is -0.123. The fourth-order valence-corrected chi connectivity index (χ4v) is 1.96. The van der Waals surface area contributed by atoms with Gasteiger partial charge in [-0.2, -0.15) is 0 Å². The molecule has 1 aromatic carbocycles. The van der Waals surface area contributed by atoms with Crippen LogP contribution in [0.5, 0.6) is 5.75 Å². The summed E-state index contributed by atoms with van der Waals surface area (Å²) in [6, 6.07) is 6.92. The van der Waals surface area contributed by atoms with Gasteiger partial charge in [-0.1, -0.05) is 19.1 Å². The molecule has 16 heavy (non-hydrogen) atoms. The maximum Gasteiger partial charge on any atom is 0.140 e. The van der Waals surface area contributed by atoms with Crippen LogP contribution < -0.4 is 5.32 Å². The Morgan fingerprint density at radius 1 is 1.56 bits per heavy atom. The molecule has 1 aliphatic rings. The molecular formula is C13H17NO2. The minimum absolute atomic E-state index is 0.114. The third-order valence-corrected chi connectivity index (χ3v) is 3.32. The molecule has 0 amide bonds. The fraction of sp³-hybridized carbons (Fsp3) is 0.462. The highest BCUT2D eigenvalue weighted by Gasteiger charge is 2.28. The molecule has 0 radical (unpaired) electrons. The van der Waals surface area contributed by atoms with Gasteiger partial charge in [-0.25, -0.2) is 0 Å². The first-order valence-corrected chi connectivity index (χ1v) is 5.68. The molecule has 1 unspecified atom stereocenters. The lowest BCUT2D eigenvalue weighted by Gasteiger charge is -2.31. The highest BCUT2D eigenvalue weighted by atomic mass is 16.3. The van der Waals surface area contributed by atoms with Gasteiger partial charge in [0.2, 0.25) is 0 Å². The first-order valence-electron chi connectivity index (χ1n) is 5.68. The Labute approximate surface area is 95.5 Å². The van der Waals surface area contributed by atoms with E-state index in [1.54, 1.807) is 18.2 Å². The van der Waals surface area contributed by atoms with Gasteiger partial charge >= 0.3 is 0 Å². The quantitative estimate of drug-likeness (QED) is 0.804. The van der Waals surface area contributed by atoms with E-state index in [-0.39, 0.29) is 17.5 Å². The average molecular weight is 219 g/mol. The van der Waals surface area contributed by atoms with Crippen molar-refractivity contribution in [2.75, 3.05) is 13.1 Å². The average Bonchev–Trinajstić information content (AvgIpc) is 2.14. The van der Waals surface area contributed by atoms with Gasteiger partial charge in [-0.05, 0) is 36.7 Å². The summed E-state index contributed by atoms with van der Waals surface area (Å²) in [5, 5.41) is 12.5. The first-order chi connectivity index (χ1) is 7.66. The normalized spacial score (nSPS) is 17.8. The van der Waals surface area contributed by atoms with Gasteiger partial charge in [0.25, 0.3) is 0 Å². The zero-order valence-electron chi connectivity index (χ0n) is 9.44. The van der Waals surface area contributed by atoms with Crippen molar-refractivity contribution in [3.05, 3.63) is 29.8 Å². The highest BCUT2D eigenvalue weighted by Crippen LogP contribution is 2.19. The molecule has 3 heteroatoms. The molecule has 1 atom stereocenters. The second-order valence-electron chi connectivity index (χ2n) is 4.52. The molecule has 1 saturated heterocycles. The van der Waals surface area contributed by atoms with Crippen LogP contribution in [0.25, 0.3) is 0 Å². The van der Waals surface area contributed by atoms with Crippen LogP contribution in [0, 0.1) is 11.8 Å². The van der Waals surface area contributed by atoms with E-state index in [2.05, 4.69) is 5.32 Å². The van der Waals surface area contributed by atoms with Crippen molar-refractivity contribution >= 4 is 5.78 Å². The Balaban J connectivity index is 1.96. The van der Waals surface area contributed by atoms with E-state index in [1.165, 1.54) is 0 Å². The topological polar surface area (TPSA) is 49.3 Å². The van der Waals surface area contributed by atoms with Crippen molar-refractivity contribution in [3.63, 3.8) is 0 Å². The molecule has 0 saturated carbocycles. The summed E-state index contributed by atoms with van der Waals surface area (Å²) in [5.74, 6) is 1.09. The number of ketones is 1. The minimum Gasteiger partial charge on any atom is -0.508 e. The van der Waals surface area contributed by atoms with Gasteiger partial charge in [0.15, 0.2) is 0 Å². The van der Waals surface area contributed by atoms with Gasteiger partial charge < -0.3 is 10.4 Å². The zero-order valence-corrected chi connectivity index (χ0v) is 9.44. The van der Waals surface area contributed by atoms with E-state index >= 15 is 0 Å². The van der Waals surface area contributed by atoms with Crippen molar-refractivity contribution in [2.24, 2.45) is 11.8 Å². The highest BCUT2D eigenvalue weighted by molar-refractivity contribution is 5.83. The summed E-state index contributed by atoms with van der Waals surface area (Å²) in [4.78, 5) is 11.9. The number of phenols is 1. The number of aromatic hydroxyl groups is 1. The Kier molecular flexibility index (Phi) is 3.25. The van der Waals surface area contributed by atoms with E-state index in [0.29, 0.717) is 12.3 Å². The number of Topliss-reactive ketones (excluding diaryl/α,β-unsaturated/α-hetero) is 1. The van der Waals surface area contributed by atoms with Crippen LogP contribution in [0.15, 0.2) is 24.3 Å². The van der Waals surface area contributed by atoms with E-state index in [9.17, 15) is 9.90 Å². The number of hydrogen-bond acceptors (Lipinski definition) is 3. The summed E-state index contributed by atoms with van der Waals surface area (Å²) in [6.07, 6.45) is 0.423. The maximum atomic E-state index is 11.9. The lowest BCUT2D eigenvalue weighted by Crippen LogP contribution is -2.47. The molecule has 2 rings (SSSR count). The van der Waals surface area contributed by atoms with Crippen molar-refractivity contribution < 1.29 is 9.90 Å². The van der Waals surface area contributed by atoms with Crippen LogP contribution in [0.1, 0.15) is 12.5 Å². The third kappa shape index (κ3) is 2.42. The van der Waals surface area contributed by atoms with E-state index in [4.69, 9.17) is 0 Å². The second-order valence-corrected chi connectivity index (χ2v) is 4.52. The summed E-state index contributed by atoms with van der Waals surface area (Å²) in [7, 11) is 0. The van der Waals surface area contributed by atoms with Crippen molar-refractivity contribution in [2.45, 2.75) is 13.3 Å². The number of carbonyl (C=O) groups is 1. The predicted octanol–water partition coefficient (Wildman–Crippen LogP) is 1.36. The molecule has 1 fully saturated rings. The third-order valence-electron chi connectivity index (χ3n) is 3.32. The first kappa shape index (κ1) is 11.1. The molecule has 1 aliphatic heterocycles. The molecule has 0 bridgehead atoms. The largest absolute Gasteiger partial charge is 0.508 e. The van der Waals surface area contributed by atoms with Crippen LogP contribution in [-0.2, 0) is 11.2 Å². The van der Waals surface area contributed by atoms with Crippen LogP contribution in [0.4, 0.5) is 0 Å². The van der Waals surface area contributed by atoms with Gasteiger partial charge in [0.1, 0.15) is 11.5 Å². The van der Waals surface area contributed by atoms with Crippen LogP contribution >= 0.6 is 0 Å². The maximum absolute atomic E-state index is 11.9. The lowest BCUT2D eigenvalue weighted by atomic mass is 9.84. The Bertz CT molecular complexity index is 385. The zero-order chi connectivity index (χ0) is 11.5.